The van der Waals surface area contributed by atoms with Gasteiger partial charge < -0.3 is 9.88 Å². The van der Waals surface area contributed by atoms with Gasteiger partial charge in [-0.25, -0.2) is 4.98 Å². The highest BCUT2D eigenvalue weighted by atomic mass is 32.2. The minimum absolute atomic E-state index is 0.561. The van der Waals surface area contributed by atoms with E-state index in [4.69, 9.17) is 4.98 Å². The fraction of sp³-hybridized carbons (Fsp3) is 0.450. The molecule has 4 rings (SSSR count). The number of benzene rings is 1. The molecule has 0 bridgehead atoms. The van der Waals surface area contributed by atoms with Crippen molar-refractivity contribution < 1.29 is 0 Å². The van der Waals surface area contributed by atoms with Crippen molar-refractivity contribution in [2.45, 2.75) is 62.9 Å². The molecule has 7 heteroatoms. The monoisotopic (exact) mass is 399 g/mol. The summed E-state index contributed by atoms with van der Waals surface area (Å²) in [6.45, 7) is 4.16. The van der Waals surface area contributed by atoms with Crippen LogP contribution in [-0.2, 0) is 5.75 Å². The van der Waals surface area contributed by atoms with E-state index in [0.29, 0.717) is 6.04 Å². The molecular weight excluding hydrogens is 374 g/mol. The number of nitrogens with one attached hydrogen (secondary N) is 1. The van der Waals surface area contributed by atoms with Gasteiger partial charge in [0.15, 0.2) is 10.3 Å². The molecule has 2 heterocycles. The first-order valence-corrected chi connectivity index (χ1v) is 11.4. The van der Waals surface area contributed by atoms with Gasteiger partial charge in [-0.05, 0) is 38.8 Å². The first kappa shape index (κ1) is 18.5. The van der Waals surface area contributed by atoms with Crippen LogP contribution in [0.4, 0.5) is 10.8 Å². The Kier molecular flexibility index (Phi) is 5.78. The summed E-state index contributed by atoms with van der Waals surface area (Å²) in [4.78, 5) is 4.72. The van der Waals surface area contributed by atoms with Crippen molar-refractivity contribution in [2.24, 2.45) is 0 Å². The molecule has 142 valence electrons. The van der Waals surface area contributed by atoms with Gasteiger partial charge in [0.05, 0.1) is 5.69 Å². The van der Waals surface area contributed by atoms with Crippen LogP contribution in [0.3, 0.4) is 0 Å². The van der Waals surface area contributed by atoms with Crippen molar-refractivity contribution in [3.63, 3.8) is 0 Å². The summed E-state index contributed by atoms with van der Waals surface area (Å²) in [5.41, 5.74) is 3.41. The fourth-order valence-corrected chi connectivity index (χ4v) is 5.32. The normalized spacial score (nSPS) is 15.2. The number of hydrogen-bond donors (Lipinski definition) is 1. The average molecular weight is 400 g/mol. The maximum absolute atomic E-state index is 4.72. The summed E-state index contributed by atoms with van der Waals surface area (Å²) in [5, 5.41) is 16.2. The Labute approximate surface area is 168 Å². The van der Waals surface area contributed by atoms with Gasteiger partial charge in [0.25, 0.3) is 0 Å². The first-order valence-electron chi connectivity index (χ1n) is 9.51. The van der Waals surface area contributed by atoms with Crippen LogP contribution in [0.1, 0.15) is 55.2 Å². The number of aromatic nitrogens is 4. The largest absolute Gasteiger partial charge is 0.332 e. The molecular formula is C20H25N5S2. The summed E-state index contributed by atoms with van der Waals surface area (Å²) in [5.74, 6) is 1.85. The van der Waals surface area contributed by atoms with Crippen LogP contribution in [0, 0.1) is 13.8 Å². The zero-order chi connectivity index (χ0) is 18.6. The van der Waals surface area contributed by atoms with Gasteiger partial charge in [-0.15, -0.1) is 21.5 Å². The van der Waals surface area contributed by atoms with Crippen molar-refractivity contribution in [3.05, 3.63) is 46.7 Å². The third-order valence-corrected chi connectivity index (χ3v) is 6.76. The summed E-state index contributed by atoms with van der Waals surface area (Å²) in [6, 6.07) is 8.94. The van der Waals surface area contributed by atoms with E-state index in [1.54, 1.807) is 23.1 Å². The summed E-state index contributed by atoms with van der Waals surface area (Å²) < 4.78 is 2.35. The molecule has 1 saturated carbocycles. The topological polar surface area (TPSA) is 55.6 Å². The second kappa shape index (κ2) is 8.44. The van der Waals surface area contributed by atoms with E-state index in [9.17, 15) is 0 Å². The van der Waals surface area contributed by atoms with Crippen molar-refractivity contribution in [2.75, 3.05) is 5.32 Å². The van der Waals surface area contributed by atoms with Crippen LogP contribution in [0.2, 0.25) is 0 Å². The summed E-state index contributed by atoms with van der Waals surface area (Å²) in [7, 11) is 0. The van der Waals surface area contributed by atoms with E-state index < -0.39 is 0 Å². The maximum atomic E-state index is 4.72. The Morgan fingerprint density at radius 1 is 1.11 bits per heavy atom. The van der Waals surface area contributed by atoms with Gasteiger partial charge in [0.2, 0.25) is 0 Å². The molecule has 27 heavy (non-hydrogen) atoms. The molecule has 0 radical (unpaired) electrons. The number of hydrogen-bond acceptors (Lipinski definition) is 6. The lowest BCUT2D eigenvalue weighted by Crippen LogP contribution is -2.15. The second-order valence-electron chi connectivity index (χ2n) is 7.12. The van der Waals surface area contributed by atoms with Crippen LogP contribution in [0.5, 0.6) is 0 Å². The van der Waals surface area contributed by atoms with Gasteiger partial charge >= 0.3 is 0 Å². The lowest BCUT2D eigenvalue weighted by Gasteiger charge is -2.24. The van der Waals surface area contributed by atoms with Crippen LogP contribution in [-0.4, -0.2) is 19.7 Å². The Morgan fingerprint density at radius 3 is 2.67 bits per heavy atom. The number of anilines is 2. The molecule has 1 fully saturated rings. The number of thioether (sulfide) groups is 1. The molecule has 5 nitrogen and oxygen atoms in total. The molecule has 2 aromatic heterocycles. The number of rotatable bonds is 6. The Hall–Kier alpha value is -1.86. The molecule has 1 aliphatic rings. The van der Waals surface area contributed by atoms with Gasteiger partial charge in [-0.2, -0.15) is 0 Å². The Balaban J connectivity index is 1.39. The SMILES string of the molecule is Cc1ccc(Nc2nc(CSc3nnc(C)n3C3CCCCC3)cs2)cc1. The van der Waals surface area contributed by atoms with Crippen molar-refractivity contribution in [3.8, 4) is 0 Å². The molecule has 0 atom stereocenters. The van der Waals surface area contributed by atoms with Gasteiger partial charge in [-0.1, -0.05) is 48.7 Å². The van der Waals surface area contributed by atoms with Crippen LogP contribution in [0.25, 0.3) is 0 Å². The van der Waals surface area contributed by atoms with Crippen molar-refractivity contribution in [1.82, 2.24) is 19.7 Å². The molecule has 0 aliphatic heterocycles. The highest BCUT2D eigenvalue weighted by Gasteiger charge is 2.21. The third-order valence-electron chi connectivity index (χ3n) is 4.98. The number of nitrogens with zero attached hydrogens (tertiary/aromatic N) is 4. The smallest absolute Gasteiger partial charge is 0.191 e. The molecule has 1 aromatic carbocycles. The maximum Gasteiger partial charge on any atom is 0.191 e. The molecule has 0 amide bonds. The van der Waals surface area contributed by atoms with Crippen LogP contribution < -0.4 is 5.32 Å². The van der Waals surface area contributed by atoms with E-state index in [0.717, 1.165) is 33.2 Å². The van der Waals surface area contributed by atoms with E-state index in [2.05, 4.69) is 63.6 Å². The minimum Gasteiger partial charge on any atom is -0.332 e. The Bertz CT molecular complexity index is 878. The van der Waals surface area contributed by atoms with E-state index in [-0.39, 0.29) is 0 Å². The van der Waals surface area contributed by atoms with E-state index in [1.165, 1.54) is 37.7 Å². The van der Waals surface area contributed by atoms with Gasteiger partial charge in [-0.3, -0.25) is 0 Å². The predicted octanol–water partition coefficient (Wildman–Crippen LogP) is 5.89. The second-order valence-corrected chi connectivity index (χ2v) is 8.92. The van der Waals surface area contributed by atoms with Crippen molar-refractivity contribution >= 4 is 33.9 Å². The third kappa shape index (κ3) is 4.52. The van der Waals surface area contributed by atoms with Gasteiger partial charge in [0.1, 0.15) is 5.82 Å². The van der Waals surface area contributed by atoms with E-state index >= 15 is 0 Å². The van der Waals surface area contributed by atoms with Gasteiger partial charge in [0, 0.05) is 22.9 Å². The molecule has 0 spiro atoms. The zero-order valence-electron chi connectivity index (χ0n) is 15.8. The van der Waals surface area contributed by atoms with Crippen LogP contribution in [0.15, 0.2) is 34.8 Å². The van der Waals surface area contributed by atoms with Crippen molar-refractivity contribution in [1.29, 1.82) is 0 Å². The Morgan fingerprint density at radius 2 is 1.89 bits per heavy atom. The lowest BCUT2D eigenvalue weighted by molar-refractivity contribution is 0.332. The number of thiazole rings is 1. The predicted molar refractivity (Wildman–Crippen MR) is 113 cm³/mol. The zero-order valence-corrected chi connectivity index (χ0v) is 17.4. The lowest BCUT2D eigenvalue weighted by atomic mass is 9.95. The fourth-order valence-electron chi connectivity index (χ4n) is 3.54. The molecule has 0 saturated heterocycles. The molecule has 1 N–H and O–H groups in total. The quantitative estimate of drug-likeness (QED) is 0.524. The summed E-state index contributed by atoms with van der Waals surface area (Å²) >= 11 is 3.38. The highest BCUT2D eigenvalue weighted by Crippen LogP contribution is 2.33. The minimum atomic E-state index is 0.561. The standard InChI is InChI=1S/C20H25N5S2/c1-14-8-10-16(11-9-14)21-19-22-17(12-26-19)13-27-20-24-23-15(2)25(20)18-6-4-3-5-7-18/h8-12,18H,3-7,13H2,1-2H3,(H,21,22). The average Bonchev–Trinajstić information content (AvgIpc) is 3.29. The molecule has 0 unspecified atom stereocenters. The first-order chi connectivity index (χ1) is 13.2. The highest BCUT2D eigenvalue weighted by molar-refractivity contribution is 7.98. The molecule has 3 aromatic rings. The van der Waals surface area contributed by atoms with Crippen LogP contribution >= 0.6 is 23.1 Å². The summed E-state index contributed by atoms with van der Waals surface area (Å²) in [6.07, 6.45) is 6.47. The number of aryl methyl sites for hydroxylation is 2. The molecule has 1 aliphatic carbocycles. The van der Waals surface area contributed by atoms with E-state index in [1.807, 2.05) is 0 Å².